The summed E-state index contributed by atoms with van der Waals surface area (Å²) in [7, 11) is 0. The number of rotatable bonds is 5. The highest BCUT2D eigenvalue weighted by Gasteiger charge is 2.29. The first kappa shape index (κ1) is 13.1. The Bertz CT molecular complexity index is 657. The SMILES string of the molecule is [3H]C(=O)N[C@@H](C)c1ccc(OC2CN(c3ccccn3)C2)cc1. The lowest BCUT2D eigenvalue weighted by Gasteiger charge is -2.39. The van der Waals surface area contributed by atoms with Crippen LogP contribution < -0.4 is 15.0 Å². The van der Waals surface area contributed by atoms with Gasteiger partial charge < -0.3 is 15.0 Å². The van der Waals surface area contributed by atoms with Gasteiger partial charge in [0.2, 0.25) is 6.39 Å². The van der Waals surface area contributed by atoms with E-state index in [0.29, 0.717) is 0 Å². The van der Waals surface area contributed by atoms with Crippen molar-refractivity contribution in [2.45, 2.75) is 19.1 Å². The molecule has 5 nitrogen and oxygen atoms in total. The fourth-order valence-corrected chi connectivity index (χ4v) is 2.44. The normalized spacial score (nSPS) is 16.4. The van der Waals surface area contributed by atoms with Gasteiger partial charge in [0, 0.05) is 6.20 Å². The van der Waals surface area contributed by atoms with Crippen LogP contribution in [-0.2, 0) is 4.79 Å². The van der Waals surface area contributed by atoms with Gasteiger partial charge in [0.1, 0.15) is 19.0 Å². The Morgan fingerprint density at radius 2 is 2.14 bits per heavy atom. The van der Waals surface area contributed by atoms with Crippen molar-refractivity contribution in [3.63, 3.8) is 0 Å². The highest BCUT2D eigenvalue weighted by Crippen LogP contribution is 2.23. The summed E-state index contributed by atoms with van der Waals surface area (Å²) in [6.45, 7) is 3.49. The van der Waals surface area contributed by atoms with Crippen molar-refractivity contribution < 1.29 is 10.9 Å². The number of amides is 1. The molecule has 114 valence electrons. The molecular formula is C17H19N3O2. The van der Waals surface area contributed by atoms with Gasteiger partial charge in [-0.2, -0.15) is 0 Å². The molecule has 1 aliphatic rings. The summed E-state index contributed by atoms with van der Waals surface area (Å²) in [6.07, 6.45) is 1.18. The Morgan fingerprint density at radius 1 is 1.36 bits per heavy atom. The fourth-order valence-electron chi connectivity index (χ4n) is 2.44. The number of benzene rings is 1. The molecule has 2 aromatic rings. The molecule has 1 aliphatic heterocycles. The average Bonchev–Trinajstić information content (AvgIpc) is 2.51. The van der Waals surface area contributed by atoms with E-state index in [2.05, 4.69) is 15.2 Å². The monoisotopic (exact) mass is 299 g/mol. The maximum atomic E-state index is 10.8. The number of nitrogens with one attached hydrogen (secondary N) is 1. The zero-order valence-electron chi connectivity index (χ0n) is 13.4. The number of anilines is 1. The molecule has 0 radical (unpaired) electrons. The molecule has 0 bridgehead atoms. The molecule has 2 heterocycles. The van der Waals surface area contributed by atoms with Crippen LogP contribution in [0.4, 0.5) is 5.82 Å². The first-order chi connectivity index (χ1) is 11.1. The molecule has 1 saturated heterocycles. The molecule has 0 saturated carbocycles. The van der Waals surface area contributed by atoms with Gasteiger partial charge in [-0.15, -0.1) is 0 Å². The summed E-state index contributed by atoms with van der Waals surface area (Å²) in [5.41, 5.74) is 0.946. The number of hydrogen-bond donors (Lipinski definition) is 1. The first-order valence-electron chi connectivity index (χ1n) is 7.81. The third-order valence-corrected chi connectivity index (χ3v) is 3.78. The minimum Gasteiger partial charge on any atom is -0.487 e. The number of carbonyl (C=O) groups excluding carboxylic acids is 1. The van der Waals surface area contributed by atoms with Gasteiger partial charge in [0.05, 0.1) is 19.1 Å². The van der Waals surface area contributed by atoms with Gasteiger partial charge in [-0.1, -0.05) is 18.2 Å². The number of pyridine rings is 1. The van der Waals surface area contributed by atoms with Crippen molar-refractivity contribution in [2.75, 3.05) is 18.0 Å². The van der Waals surface area contributed by atoms with Crippen molar-refractivity contribution in [2.24, 2.45) is 0 Å². The molecule has 1 aromatic carbocycles. The largest absolute Gasteiger partial charge is 0.487 e. The fraction of sp³-hybridized carbons (Fsp3) is 0.294. The quantitative estimate of drug-likeness (QED) is 0.860. The molecule has 3 rings (SSSR count). The summed E-state index contributed by atoms with van der Waals surface area (Å²) in [4.78, 5) is 17.2. The van der Waals surface area contributed by atoms with E-state index in [-0.39, 0.29) is 12.1 Å². The molecule has 5 heteroatoms. The molecule has 0 spiro atoms. The third kappa shape index (κ3) is 3.19. The standard InChI is InChI=1S/C17H19N3O2/c1-13(19-12-21)14-5-7-15(8-6-14)22-16-10-20(11-16)17-4-2-3-9-18-17/h2-9,12-13,16H,10-11H2,1H3,(H,19,21)/t13-/m0/s1/i12T. The summed E-state index contributed by atoms with van der Waals surface area (Å²) >= 11 is 0. The topological polar surface area (TPSA) is 54.5 Å². The predicted octanol–water partition coefficient (Wildman–Crippen LogP) is 2.16. The lowest BCUT2D eigenvalue weighted by molar-refractivity contribution is -0.110. The van der Waals surface area contributed by atoms with Crippen LogP contribution in [0.1, 0.15) is 19.9 Å². The van der Waals surface area contributed by atoms with Crippen LogP contribution in [0.25, 0.3) is 0 Å². The van der Waals surface area contributed by atoms with Crippen molar-refractivity contribution in [1.29, 1.82) is 0 Å². The number of nitrogens with zero attached hydrogens (tertiary/aromatic N) is 2. The van der Waals surface area contributed by atoms with E-state index in [1.807, 2.05) is 49.4 Å². The van der Waals surface area contributed by atoms with E-state index in [4.69, 9.17) is 6.11 Å². The van der Waals surface area contributed by atoms with E-state index < -0.39 is 6.39 Å². The van der Waals surface area contributed by atoms with Crippen LogP contribution in [0.15, 0.2) is 48.7 Å². The maximum Gasteiger partial charge on any atom is 0.207 e. The molecule has 22 heavy (non-hydrogen) atoms. The van der Waals surface area contributed by atoms with Crippen molar-refractivity contribution in [1.82, 2.24) is 10.3 Å². The van der Waals surface area contributed by atoms with Crippen LogP contribution in [0.2, 0.25) is 0 Å². The van der Waals surface area contributed by atoms with E-state index in [1.54, 1.807) is 6.20 Å². The van der Waals surface area contributed by atoms with Crippen molar-refractivity contribution in [3.8, 4) is 5.75 Å². The molecule has 1 amide bonds. The number of hydrogen-bond acceptors (Lipinski definition) is 4. The summed E-state index contributed by atoms with van der Waals surface area (Å²) in [6, 6.07) is 13.3. The highest BCUT2D eigenvalue weighted by molar-refractivity contribution is 5.48. The van der Waals surface area contributed by atoms with Crippen LogP contribution in [0, 0.1) is 0 Å². The van der Waals surface area contributed by atoms with Crippen LogP contribution in [-0.4, -0.2) is 30.6 Å². The number of ether oxygens (including phenoxy) is 1. The zero-order valence-corrected chi connectivity index (χ0v) is 12.4. The predicted molar refractivity (Wildman–Crippen MR) is 84.9 cm³/mol. The summed E-state index contributed by atoms with van der Waals surface area (Å²) in [5, 5.41) is 2.54. The molecule has 1 aromatic heterocycles. The second kappa shape index (κ2) is 6.47. The van der Waals surface area contributed by atoms with Gasteiger partial charge >= 0.3 is 0 Å². The van der Waals surface area contributed by atoms with Crippen molar-refractivity contribution >= 4 is 12.2 Å². The smallest absolute Gasteiger partial charge is 0.207 e. The van der Waals surface area contributed by atoms with Gasteiger partial charge in [-0.25, -0.2) is 4.98 Å². The Morgan fingerprint density at radius 3 is 2.77 bits per heavy atom. The molecule has 1 atom stereocenters. The van der Waals surface area contributed by atoms with E-state index >= 15 is 0 Å². The highest BCUT2D eigenvalue weighted by atomic mass is 16.5. The second-order valence-corrected chi connectivity index (χ2v) is 5.37. The van der Waals surface area contributed by atoms with Gasteiger partial charge in [-0.05, 0) is 36.8 Å². The first-order valence-corrected chi connectivity index (χ1v) is 7.31. The Balaban J connectivity index is 1.51. The molecule has 1 N–H and O–H groups in total. The van der Waals surface area contributed by atoms with Gasteiger partial charge in [0.15, 0.2) is 0 Å². The zero-order chi connectivity index (χ0) is 16.2. The van der Waals surface area contributed by atoms with Gasteiger partial charge in [-0.3, -0.25) is 4.79 Å². The van der Waals surface area contributed by atoms with E-state index in [0.717, 1.165) is 30.2 Å². The lowest BCUT2D eigenvalue weighted by atomic mass is 10.1. The molecule has 1 fully saturated rings. The number of aromatic nitrogens is 1. The van der Waals surface area contributed by atoms with E-state index in [9.17, 15) is 4.79 Å². The van der Waals surface area contributed by atoms with Crippen molar-refractivity contribution in [3.05, 3.63) is 54.2 Å². The Labute approximate surface area is 131 Å². The molecule has 0 unspecified atom stereocenters. The van der Waals surface area contributed by atoms with E-state index in [1.165, 1.54) is 0 Å². The summed E-state index contributed by atoms with van der Waals surface area (Å²) < 4.78 is 12.9. The van der Waals surface area contributed by atoms with Gasteiger partial charge in [0.25, 0.3) is 0 Å². The minimum absolute atomic E-state index is 0.160. The number of carbonyl (C=O) groups is 1. The molecule has 0 aliphatic carbocycles. The second-order valence-electron chi connectivity index (χ2n) is 5.37. The summed E-state index contributed by atoms with van der Waals surface area (Å²) in [5.74, 6) is 1.78. The lowest BCUT2D eigenvalue weighted by Crippen LogP contribution is -2.54. The molecular weight excluding hydrogens is 278 g/mol. The minimum atomic E-state index is -0.776. The Kier molecular flexibility index (Phi) is 3.86. The van der Waals surface area contributed by atoms with Crippen LogP contribution in [0.5, 0.6) is 5.75 Å². The Hall–Kier alpha value is -2.56. The maximum absolute atomic E-state index is 10.8. The van der Waals surface area contributed by atoms with Crippen LogP contribution >= 0.6 is 0 Å². The third-order valence-electron chi connectivity index (χ3n) is 3.78. The average molecular weight is 299 g/mol. The van der Waals surface area contributed by atoms with Crippen LogP contribution in [0.3, 0.4) is 0 Å².